The second-order valence-corrected chi connectivity index (χ2v) is 5.93. The van der Waals surface area contributed by atoms with Gasteiger partial charge in [0.2, 0.25) is 6.79 Å². The normalized spacial score (nSPS) is 19.6. The second-order valence-electron chi connectivity index (χ2n) is 5.52. The van der Waals surface area contributed by atoms with E-state index in [-0.39, 0.29) is 6.79 Å². The second kappa shape index (κ2) is 5.43. The maximum Gasteiger partial charge on any atom is 0.327 e. The summed E-state index contributed by atoms with van der Waals surface area (Å²) in [5.74, 6) is 0.324. The molecule has 23 heavy (non-hydrogen) atoms. The number of carboxylic acids is 1. The summed E-state index contributed by atoms with van der Waals surface area (Å²) < 4.78 is 10.7. The van der Waals surface area contributed by atoms with Crippen molar-refractivity contribution in [3.8, 4) is 11.5 Å². The summed E-state index contributed by atoms with van der Waals surface area (Å²) in [6, 6.07) is 2.73. The highest BCUT2D eigenvalue weighted by Gasteiger charge is 2.35. The lowest BCUT2D eigenvalue weighted by Gasteiger charge is -2.32. The van der Waals surface area contributed by atoms with Crippen molar-refractivity contribution < 1.29 is 19.4 Å². The highest BCUT2D eigenvalue weighted by molar-refractivity contribution is 6.31. The summed E-state index contributed by atoms with van der Waals surface area (Å²) in [4.78, 5) is 20.8. The Morgan fingerprint density at radius 1 is 1.43 bits per heavy atom. The molecule has 8 heteroatoms. The number of ether oxygens (including phenoxy) is 2. The van der Waals surface area contributed by atoms with Gasteiger partial charge in [0.1, 0.15) is 0 Å². The summed E-state index contributed by atoms with van der Waals surface area (Å²) >= 11 is 6.30. The molecule has 2 aliphatic heterocycles. The highest BCUT2D eigenvalue weighted by atomic mass is 35.5. The number of benzene rings is 1. The average Bonchev–Trinajstić information content (AvgIpc) is 3.15. The van der Waals surface area contributed by atoms with Crippen molar-refractivity contribution in [2.24, 2.45) is 0 Å². The SMILES string of the molecule is O=C(O)C1c2nc[nH]c2CCN1Cc1cc2c(cc1Cl)OCO2. The number of nitrogens with zero attached hydrogens (tertiary/aromatic N) is 2. The molecule has 0 amide bonds. The standard InChI is InChI=1S/C15H14ClN3O4/c16-9-4-12-11(22-7-23-12)3-8(9)5-19-2-1-10-13(18-6-17-10)14(19)15(20)21/h3-4,6,14H,1-2,5,7H2,(H,17,18)(H,20,21). The molecule has 0 spiro atoms. The molecule has 0 saturated heterocycles. The molecule has 0 bridgehead atoms. The third kappa shape index (κ3) is 2.42. The largest absolute Gasteiger partial charge is 0.480 e. The predicted octanol–water partition coefficient (Wildman–Crippen LogP) is 1.98. The first-order valence-corrected chi connectivity index (χ1v) is 7.58. The van der Waals surface area contributed by atoms with Gasteiger partial charge in [0.05, 0.1) is 12.0 Å². The number of H-pyrrole nitrogens is 1. The summed E-state index contributed by atoms with van der Waals surface area (Å²) in [6.45, 7) is 1.18. The number of nitrogens with one attached hydrogen (secondary N) is 1. The number of fused-ring (bicyclic) bond motifs is 2. The molecule has 120 valence electrons. The van der Waals surface area contributed by atoms with Gasteiger partial charge in [-0.1, -0.05) is 11.6 Å². The zero-order valence-electron chi connectivity index (χ0n) is 12.1. The Bertz CT molecular complexity index is 776. The molecule has 1 unspecified atom stereocenters. The monoisotopic (exact) mass is 335 g/mol. The minimum atomic E-state index is -0.921. The zero-order valence-corrected chi connectivity index (χ0v) is 12.8. The van der Waals surface area contributed by atoms with E-state index in [1.54, 1.807) is 6.07 Å². The molecule has 2 N–H and O–H groups in total. The van der Waals surface area contributed by atoms with Crippen LogP contribution in [-0.2, 0) is 17.8 Å². The maximum atomic E-state index is 11.7. The molecule has 0 radical (unpaired) electrons. The number of hydrogen-bond donors (Lipinski definition) is 2. The Kier molecular flexibility index (Phi) is 3.39. The summed E-state index contributed by atoms with van der Waals surface area (Å²) in [5.41, 5.74) is 2.26. The summed E-state index contributed by atoms with van der Waals surface area (Å²) in [6.07, 6.45) is 2.26. The number of rotatable bonds is 3. The van der Waals surface area contributed by atoms with Gasteiger partial charge < -0.3 is 19.6 Å². The van der Waals surface area contributed by atoms with E-state index in [4.69, 9.17) is 21.1 Å². The molecule has 0 saturated carbocycles. The number of halogens is 1. The van der Waals surface area contributed by atoms with E-state index in [9.17, 15) is 9.90 Å². The molecule has 2 aliphatic rings. The predicted molar refractivity (Wildman–Crippen MR) is 80.7 cm³/mol. The van der Waals surface area contributed by atoms with Gasteiger partial charge in [-0.25, -0.2) is 4.98 Å². The first kappa shape index (κ1) is 14.3. The van der Waals surface area contributed by atoms with Gasteiger partial charge >= 0.3 is 5.97 Å². The van der Waals surface area contributed by atoms with Crippen molar-refractivity contribution in [1.82, 2.24) is 14.9 Å². The minimum Gasteiger partial charge on any atom is -0.480 e. The van der Waals surface area contributed by atoms with E-state index in [1.165, 1.54) is 6.33 Å². The van der Waals surface area contributed by atoms with Crippen LogP contribution in [0.1, 0.15) is 23.0 Å². The molecular formula is C15H14ClN3O4. The molecule has 0 fully saturated rings. The number of aromatic nitrogens is 2. The average molecular weight is 336 g/mol. The minimum absolute atomic E-state index is 0.174. The van der Waals surface area contributed by atoms with Gasteiger partial charge in [0.15, 0.2) is 17.5 Å². The van der Waals surface area contributed by atoms with Crippen molar-refractivity contribution in [1.29, 1.82) is 0 Å². The lowest BCUT2D eigenvalue weighted by Crippen LogP contribution is -2.39. The van der Waals surface area contributed by atoms with E-state index in [2.05, 4.69) is 9.97 Å². The fraction of sp³-hybridized carbons (Fsp3) is 0.333. The molecule has 7 nitrogen and oxygen atoms in total. The van der Waals surface area contributed by atoms with E-state index in [1.807, 2.05) is 11.0 Å². The molecule has 3 heterocycles. The van der Waals surface area contributed by atoms with Crippen molar-refractivity contribution in [2.75, 3.05) is 13.3 Å². The lowest BCUT2D eigenvalue weighted by molar-refractivity contribution is -0.144. The Hall–Kier alpha value is -2.25. The summed E-state index contributed by atoms with van der Waals surface area (Å²) in [7, 11) is 0. The topological polar surface area (TPSA) is 87.7 Å². The van der Waals surface area contributed by atoms with Crippen LogP contribution in [0.15, 0.2) is 18.5 Å². The van der Waals surface area contributed by atoms with Gasteiger partial charge in [-0.3, -0.25) is 9.69 Å². The molecule has 2 aromatic rings. The van der Waals surface area contributed by atoms with E-state index in [0.717, 1.165) is 17.7 Å². The van der Waals surface area contributed by atoms with Crippen LogP contribution in [0.5, 0.6) is 11.5 Å². The van der Waals surface area contributed by atoms with Crippen molar-refractivity contribution in [3.05, 3.63) is 40.4 Å². The van der Waals surface area contributed by atoms with Crippen LogP contribution in [0, 0.1) is 0 Å². The lowest BCUT2D eigenvalue weighted by atomic mass is 10.0. The van der Waals surface area contributed by atoms with Crippen LogP contribution in [-0.4, -0.2) is 39.3 Å². The van der Waals surface area contributed by atoms with Crippen LogP contribution in [0.3, 0.4) is 0 Å². The first-order chi connectivity index (χ1) is 11.1. The Morgan fingerprint density at radius 2 is 2.22 bits per heavy atom. The van der Waals surface area contributed by atoms with Crippen LogP contribution >= 0.6 is 11.6 Å². The smallest absolute Gasteiger partial charge is 0.327 e. The van der Waals surface area contributed by atoms with Gasteiger partial charge in [-0.2, -0.15) is 0 Å². The van der Waals surface area contributed by atoms with Crippen LogP contribution in [0.4, 0.5) is 0 Å². The molecule has 1 aromatic carbocycles. The van der Waals surface area contributed by atoms with E-state index in [0.29, 0.717) is 35.3 Å². The molecule has 0 aliphatic carbocycles. The molecule has 1 aromatic heterocycles. The van der Waals surface area contributed by atoms with Gasteiger partial charge in [0.25, 0.3) is 0 Å². The number of imidazole rings is 1. The van der Waals surface area contributed by atoms with Crippen molar-refractivity contribution >= 4 is 17.6 Å². The maximum absolute atomic E-state index is 11.7. The number of carboxylic acid groups (broad SMARTS) is 1. The fourth-order valence-electron chi connectivity index (χ4n) is 3.07. The Morgan fingerprint density at radius 3 is 3.00 bits per heavy atom. The van der Waals surface area contributed by atoms with Crippen LogP contribution < -0.4 is 9.47 Å². The molecule has 4 rings (SSSR count). The Balaban J connectivity index is 1.65. The zero-order chi connectivity index (χ0) is 16.0. The third-order valence-corrected chi connectivity index (χ3v) is 4.53. The first-order valence-electron chi connectivity index (χ1n) is 7.20. The summed E-state index contributed by atoms with van der Waals surface area (Å²) in [5, 5.41) is 10.1. The van der Waals surface area contributed by atoms with E-state index >= 15 is 0 Å². The molecule has 1 atom stereocenters. The van der Waals surface area contributed by atoms with Crippen molar-refractivity contribution in [3.63, 3.8) is 0 Å². The fourth-order valence-corrected chi connectivity index (χ4v) is 3.28. The number of carbonyl (C=O) groups is 1. The van der Waals surface area contributed by atoms with Gasteiger partial charge in [-0.05, 0) is 11.6 Å². The number of aromatic amines is 1. The quantitative estimate of drug-likeness (QED) is 0.891. The van der Waals surface area contributed by atoms with Crippen molar-refractivity contribution in [2.45, 2.75) is 19.0 Å². The third-order valence-electron chi connectivity index (χ3n) is 4.17. The Labute approximate surface area is 136 Å². The van der Waals surface area contributed by atoms with Crippen LogP contribution in [0.2, 0.25) is 5.02 Å². The highest BCUT2D eigenvalue weighted by Crippen LogP contribution is 2.38. The molecular weight excluding hydrogens is 322 g/mol. The number of hydrogen-bond acceptors (Lipinski definition) is 5. The van der Waals surface area contributed by atoms with Gasteiger partial charge in [-0.15, -0.1) is 0 Å². The van der Waals surface area contributed by atoms with Crippen LogP contribution in [0.25, 0.3) is 0 Å². The van der Waals surface area contributed by atoms with E-state index < -0.39 is 12.0 Å². The van der Waals surface area contributed by atoms with Gasteiger partial charge in [0, 0.05) is 36.3 Å². The number of aliphatic carboxylic acids is 1.